The fraction of sp³-hybridized carbons (Fsp3) is 0.200. The molecular formula is C20H20F2N2O4. The van der Waals surface area contributed by atoms with E-state index >= 15 is 0 Å². The number of amides is 2. The predicted octanol–water partition coefficient (Wildman–Crippen LogP) is 3.04. The van der Waals surface area contributed by atoms with Crippen molar-refractivity contribution in [3.63, 3.8) is 0 Å². The highest BCUT2D eigenvalue weighted by Gasteiger charge is 2.10. The zero-order chi connectivity index (χ0) is 20.5. The number of hydrogen-bond acceptors (Lipinski definition) is 4. The summed E-state index contributed by atoms with van der Waals surface area (Å²) >= 11 is 0. The van der Waals surface area contributed by atoms with Crippen LogP contribution in [0, 0.1) is 0 Å². The molecule has 0 aliphatic rings. The average molecular weight is 390 g/mol. The molecule has 8 heteroatoms. The first-order chi connectivity index (χ1) is 13.3. The third kappa shape index (κ3) is 7.06. The second-order valence-corrected chi connectivity index (χ2v) is 5.84. The number of rotatable bonds is 9. The Morgan fingerprint density at radius 1 is 1.14 bits per heavy atom. The molecule has 2 aromatic carbocycles. The molecule has 0 saturated carbocycles. The summed E-state index contributed by atoms with van der Waals surface area (Å²) in [5.41, 5.74) is 6.39. The van der Waals surface area contributed by atoms with Gasteiger partial charge >= 0.3 is 6.61 Å². The molecule has 1 atom stereocenters. The third-order valence-corrected chi connectivity index (χ3v) is 3.63. The molecule has 0 aromatic heterocycles. The van der Waals surface area contributed by atoms with Crippen LogP contribution in [-0.2, 0) is 9.59 Å². The Kier molecular flexibility index (Phi) is 7.50. The molecule has 1 unspecified atom stereocenters. The minimum Gasteiger partial charge on any atom is -0.484 e. The van der Waals surface area contributed by atoms with Gasteiger partial charge in [-0.2, -0.15) is 8.78 Å². The molecule has 2 rings (SSSR count). The van der Waals surface area contributed by atoms with E-state index in [1.54, 1.807) is 49.4 Å². The standard InChI is InChI=1S/C20H20F2N2O4/c1-13(15-3-2-4-17(11-15)28-20(21)22)24-19(26)10-7-14-5-8-16(9-6-14)27-12-18(23)25/h2-11,13,20H,12H2,1H3,(H2,23,25)(H,24,26). The van der Waals surface area contributed by atoms with Crippen LogP contribution >= 0.6 is 0 Å². The van der Waals surface area contributed by atoms with Crippen LogP contribution in [0.1, 0.15) is 24.1 Å². The van der Waals surface area contributed by atoms with Gasteiger partial charge in [-0.15, -0.1) is 0 Å². The van der Waals surface area contributed by atoms with Gasteiger partial charge in [0.1, 0.15) is 11.5 Å². The molecule has 0 aliphatic heterocycles. The van der Waals surface area contributed by atoms with Crippen LogP contribution in [0.4, 0.5) is 8.78 Å². The number of primary amides is 1. The molecule has 0 bridgehead atoms. The number of halogens is 2. The average Bonchev–Trinajstić information content (AvgIpc) is 2.65. The van der Waals surface area contributed by atoms with Gasteiger partial charge in [0.15, 0.2) is 6.61 Å². The van der Waals surface area contributed by atoms with E-state index in [0.29, 0.717) is 11.3 Å². The van der Waals surface area contributed by atoms with Gasteiger partial charge in [0.25, 0.3) is 5.91 Å². The Morgan fingerprint density at radius 3 is 2.50 bits per heavy atom. The lowest BCUT2D eigenvalue weighted by Crippen LogP contribution is -2.24. The van der Waals surface area contributed by atoms with Crippen LogP contribution in [0.3, 0.4) is 0 Å². The van der Waals surface area contributed by atoms with Gasteiger partial charge < -0.3 is 20.5 Å². The van der Waals surface area contributed by atoms with Crippen molar-refractivity contribution in [3.8, 4) is 11.5 Å². The van der Waals surface area contributed by atoms with Crippen molar-refractivity contribution in [3.05, 3.63) is 65.7 Å². The summed E-state index contributed by atoms with van der Waals surface area (Å²) in [7, 11) is 0. The number of carbonyl (C=O) groups is 2. The quantitative estimate of drug-likeness (QED) is 0.644. The van der Waals surface area contributed by atoms with Crippen molar-refractivity contribution < 1.29 is 27.8 Å². The lowest BCUT2D eigenvalue weighted by Gasteiger charge is -2.14. The number of carbonyl (C=O) groups excluding carboxylic acids is 2. The van der Waals surface area contributed by atoms with E-state index in [0.717, 1.165) is 5.56 Å². The number of benzene rings is 2. The van der Waals surface area contributed by atoms with Gasteiger partial charge in [0, 0.05) is 6.08 Å². The van der Waals surface area contributed by atoms with Gasteiger partial charge in [-0.25, -0.2) is 0 Å². The molecule has 0 aliphatic carbocycles. The maximum atomic E-state index is 12.3. The molecule has 0 fully saturated rings. The summed E-state index contributed by atoms with van der Waals surface area (Å²) in [6.45, 7) is -1.38. The molecule has 0 heterocycles. The van der Waals surface area contributed by atoms with Crippen molar-refractivity contribution >= 4 is 17.9 Å². The van der Waals surface area contributed by atoms with E-state index in [4.69, 9.17) is 10.5 Å². The minimum atomic E-state index is -2.91. The largest absolute Gasteiger partial charge is 0.484 e. The minimum absolute atomic E-state index is 0.0304. The van der Waals surface area contributed by atoms with E-state index in [1.807, 2.05) is 0 Å². The second-order valence-electron chi connectivity index (χ2n) is 5.84. The second kappa shape index (κ2) is 10.1. The topological polar surface area (TPSA) is 90.6 Å². The maximum Gasteiger partial charge on any atom is 0.387 e. The number of nitrogens with two attached hydrogens (primary N) is 1. The van der Waals surface area contributed by atoms with Crippen LogP contribution < -0.4 is 20.5 Å². The highest BCUT2D eigenvalue weighted by Crippen LogP contribution is 2.20. The lowest BCUT2D eigenvalue weighted by atomic mass is 10.1. The molecule has 0 spiro atoms. The Hall–Kier alpha value is -3.42. The van der Waals surface area contributed by atoms with Crippen molar-refractivity contribution in [1.29, 1.82) is 0 Å². The summed E-state index contributed by atoms with van der Waals surface area (Å²) in [5, 5.41) is 2.75. The van der Waals surface area contributed by atoms with Crippen molar-refractivity contribution in [2.45, 2.75) is 19.6 Å². The normalized spacial score (nSPS) is 12.0. The summed E-state index contributed by atoms with van der Waals surface area (Å²) in [6, 6.07) is 12.5. The zero-order valence-electron chi connectivity index (χ0n) is 15.1. The van der Waals surface area contributed by atoms with Gasteiger partial charge in [0.2, 0.25) is 5.91 Å². The molecule has 0 radical (unpaired) electrons. The number of alkyl halides is 2. The zero-order valence-corrected chi connectivity index (χ0v) is 15.1. The maximum absolute atomic E-state index is 12.3. The first-order valence-electron chi connectivity index (χ1n) is 8.38. The van der Waals surface area contributed by atoms with Crippen LogP contribution in [-0.4, -0.2) is 25.0 Å². The summed E-state index contributed by atoms with van der Waals surface area (Å²) in [6.07, 6.45) is 2.96. The summed E-state index contributed by atoms with van der Waals surface area (Å²) in [5.74, 6) is -0.398. The van der Waals surface area contributed by atoms with Crippen LogP contribution in [0.25, 0.3) is 6.08 Å². The van der Waals surface area contributed by atoms with Crippen LogP contribution in [0.5, 0.6) is 11.5 Å². The lowest BCUT2D eigenvalue weighted by molar-refractivity contribution is -0.120. The molecule has 0 saturated heterocycles. The monoisotopic (exact) mass is 390 g/mol. The highest BCUT2D eigenvalue weighted by atomic mass is 19.3. The molecule has 3 N–H and O–H groups in total. The van der Waals surface area contributed by atoms with Crippen molar-refractivity contribution in [2.75, 3.05) is 6.61 Å². The summed E-state index contributed by atoms with van der Waals surface area (Å²) < 4.78 is 34.1. The Bertz CT molecular complexity index is 838. The molecular weight excluding hydrogens is 370 g/mol. The Labute approximate surface area is 160 Å². The first kappa shape index (κ1) is 20.9. The van der Waals surface area contributed by atoms with Crippen LogP contribution in [0.2, 0.25) is 0 Å². The van der Waals surface area contributed by atoms with E-state index in [-0.39, 0.29) is 18.3 Å². The molecule has 6 nitrogen and oxygen atoms in total. The third-order valence-electron chi connectivity index (χ3n) is 3.63. The van der Waals surface area contributed by atoms with E-state index in [2.05, 4.69) is 10.1 Å². The van der Waals surface area contributed by atoms with Crippen molar-refractivity contribution in [1.82, 2.24) is 5.32 Å². The predicted molar refractivity (Wildman–Crippen MR) is 99.8 cm³/mol. The van der Waals surface area contributed by atoms with Gasteiger partial charge in [-0.1, -0.05) is 24.3 Å². The summed E-state index contributed by atoms with van der Waals surface area (Å²) in [4.78, 5) is 22.8. The molecule has 28 heavy (non-hydrogen) atoms. The van der Waals surface area contributed by atoms with Gasteiger partial charge in [-0.05, 0) is 48.4 Å². The Morgan fingerprint density at radius 2 is 1.86 bits per heavy atom. The fourth-order valence-corrected chi connectivity index (χ4v) is 2.31. The van der Waals surface area contributed by atoms with Gasteiger partial charge in [-0.3, -0.25) is 9.59 Å². The van der Waals surface area contributed by atoms with E-state index in [1.165, 1.54) is 18.2 Å². The molecule has 2 amide bonds. The molecule has 148 valence electrons. The van der Waals surface area contributed by atoms with Crippen LogP contribution in [0.15, 0.2) is 54.6 Å². The first-order valence-corrected chi connectivity index (χ1v) is 8.38. The SMILES string of the molecule is CC(NC(=O)C=Cc1ccc(OCC(N)=O)cc1)c1cccc(OC(F)F)c1. The van der Waals surface area contributed by atoms with Crippen molar-refractivity contribution in [2.24, 2.45) is 5.73 Å². The fourth-order valence-electron chi connectivity index (χ4n) is 2.31. The van der Waals surface area contributed by atoms with E-state index in [9.17, 15) is 18.4 Å². The number of nitrogens with one attached hydrogen (secondary N) is 1. The van der Waals surface area contributed by atoms with Gasteiger partial charge in [0.05, 0.1) is 6.04 Å². The highest BCUT2D eigenvalue weighted by molar-refractivity contribution is 5.92. The number of hydrogen-bond donors (Lipinski definition) is 2. The smallest absolute Gasteiger partial charge is 0.387 e. The molecule has 2 aromatic rings. The van der Waals surface area contributed by atoms with E-state index < -0.39 is 18.6 Å². The Balaban J connectivity index is 1.91. The number of ether oxygens (including phenoxy) is 2.